The summed E-state index contributed by atoms with van der Waals surface area (Å²) < 4.78 is 26.2. The molecule has 0 radical (unpaired) electrons. The maximum atomic E-state index is 13.0. The van der Waals surface area contributed by atoms with Crippen molar-refractivity contribution in [2.75, 3.05) is 15.9 Å². The largest absolute Gasteiger partial charge is 0.299 e. The molecule has 3 aromatic rings. The van der Waals surface area contributed by atoms with Gasteiger partial charge in [0.2, 0.25) is 21.1 Å². The number of anilines is 2. The van der Waals surface area contributed by atoms with Gasteiger partial charge in [-0.05, 0) is 31.0 Å². The van der Waals surface area contributed by atoms with Gasteiger partial charge in [-0.1, -0.05) is 60.7 Å². The third kappa shape index (κ3) is 4.99. The maximum absolute atomic E-state index is 13.0. The average Bonchev–Trinajstić information content (AvgIpc) is 3.14. The summed E-state index contributed by atoms with van der Waals surface area (Å²) in [6.45, 7) is 3.64. The van der Waals surface area contributed by atoms with Gasteiger partial charge in [0.15, 0.2) is 0 Å². The molecule has 1 N–H and O–H groups in total. The molecule has 0 saturated heterocycles. The quantitative estimate of drug-likeness (QED) is 0.617. The lowest BCUT2D eigenvalue weighted by atomic mass is 10.1. The van der Waals surface area contributed by atoms with E-state index in [1.807, 2.05) is 43.3 Å². The Labute approximate surface area is 174 Å². The van der Waals surface area contributed by atoms with Gasteiger partial charge in [-0.25, -0.2) is 8.42 Å². The number of carbonyl (C=O) groups is 1. The van der Waals surface area contributed by atoms with Gasteiger partial charge in [0.1, 0.15) is 11.0 Å². The van der Waals surface area contributed by atoms with E-state index in [-0.39, 0.29) is 0 Å². The van der Waals surface area contributed by atoms with Crippen LogP contribution in [0.4, 0.5) is 10.8 Å². The molecule has 0 bridgehead atoms. The molecule has 1 heterocycles. The van der Waals surface area contributed by atoms with E-state index in [1.165, 1.54) is 11.3 Å². The topological polar surface area (TPSA) is 92.3 Å². The Bertz CT molecular complexity index is 1100. The zero-order valence-corrected chi connectivity index (χ0v) is 18.0. The molecule has 1 amide bonds. The number of hydrogen-bond donors (Lipinski definition) is 1. The number of aryl methyl sites for hydroxylation is 1. The highest BCUT2D eigenvalue weighted by Crippen LogP contribution is 2.28. The highest BCUT2D eigenvalue weighted by molar-refractivity contribution is 7.92. The van der Waals surface area contributed by atoms with E-state index in [4.69, 9.17) is 0 Å². The number of carbonyl (C=O) groups excluding carboxylic acids is 1. The Hall–Kier alpha value is -2.78. The molecular formula is C20H22N4O3S2. The molecule has 0 saturated carbocycles. The van der Waals surface area contributed by atoms with Gasteiger partial charge in [0, 0.05) is 5.56 Å². The number of hydrogen-bond acceptors (Lipinski definition) is 6. The van der Waals surface area contributed by atoms with Gasteiger partial charge in [-0.2, -0.15) is 0 Å². The molecule has 0 aliphatic carbocycles. The molecular weight excluding hydrogens is 408 g/mol. The van der Waals surface area contributed by atoms with Crippen molar-refractivity contribution in [3.63, 3.8) is 0 Å². The highest BCUT2D eigenvalue weighted by Gasteiger charge is 2.32. The Morgan fingerprint density at radius 3 is 2.48 bits per heavy atom. The van der Waals surface area contributed by atoms with Crippen LogP contribution < -0.4 is 9.62 Å². The predicted molar refractivity (Wildman–Crippen MR) is 117 cm³/mol. The van der Waals surface area contributed by atoms with Gasteiger partial charge in [0.25, 0.3) is 0 Å². The summed E-state index contributed by atoms with van der Waals surface area (Å²) in [5, 5.41) is 11.9. The maximum Gasteiger partial charge on any atom is 0.250 e. The number of benzene rings is 2. The minimum atomic E-state index is -3.68. The van der Waals surface area contributed by atoms with E-state index in [0.29, 0.717) is 22.2 Å². The lowest BCUT2D eigenvalue weighted by Gasteiger charge is -2.30. The van der Waals surface area contributed by atoms with E-state index in [2.05, 4.69) is 15.5 Å². The van der Waals surface area contributed by atoms with Crippen LogP contribution in [-0.2, 0) is 14.8 Å². The van der Waals surface area contributed by atoms with Crippen LogP contribution in [0.2, 0.25) is 0 Å². The monoisotopic (exact) mass is 430 g/mol. The Balaban J connectivity index is 1.86. The summed E-state index contributed by atoms with van der Waals surface area (Å²) in [5.41, 5.74) is 2.26. The van der Waals surface area contributed by atoms with E-state index in [9.17, 15) is 13.2 Å². The van der Waals surface area contributed by atoms with Gasteiger partial charge in [-0.3, -0.25) is 14.4 Å². The predicted octanol–water partition coefficient (Wildman–Crippen LogP) is 3.70. The minimum Gasteiger partial charge on any atom is -0.299 e. The van der Waals surface area contributed by atoms with Crippen molar-refractivity contribution in [1.29, 1.82) is 0 Å². The Morgan fingerprint density at radius 1 is 1.14 bits per heavy atom. The number of sulfonamides is 1. The number of rotatable bonds is 7. The highest BCUT2D eigenvalue weighted by atomic mass is 32.2. The summed E-state index contributed by atoms with van der Waals surface area (Å²) in [5.74, 6) is -0.449. The molecule has 9 heteroatoms. The lowest BCUT2D eigenvalue weighted by Crippen LogP contribution is -2.47. The van der Waals surface area contributed by atoms with Crippen molar-refractivity contribution in [3.05, 3.63) is 60.2 Å². The van der Waals surface area contributed by atoms with Crippen LogP contribution in [0.1, 0.15) is 18.9 Å². The van der Waals surface area contributed by atoms with Crippen molar-refractivity contribution in [3.8, 4) is 10.6 Å². The van der Waals surface area contributed by atoms with Gasteiger partial charge in [0.05, 0.1) is 11.9 Å². The van der Waals surface area contributed by atoms with Gasteiger partial charge >= 0.3 is 0 Å². The molecule has 0 spiro atoms. The fourth-order valence-corrected chi connectivity index (χ4v) is 4.94. The lowest BCUT2D eigenvalue weighted by molar-refractivity contribution is -0.117. The van der Waals surface area contributed by atoms with Crippen LogP contribution in [0.5, 0.6) is 0 Å². The van der Waals surface area contributed by atoms with Crippen LogP contribution in [0.3, 0.4) is 0 Å². The molecule has 7 nitrogen and oxygen atoms in total. The molecule has 2 aromatic carbocycles. The van der Waals surface area contributed by atoms with Crippen molar-refractivity contribution in [2.45, 2.75) is 26.3 Å². The molecule has 0 fully saturated rings. The molecule has 1 atom stereocenters. The molecule has 0 unspecified atom stereocenters. The third-order valence-corrected chi connectivity index (χ3v) is 6.33. The second-order valence-corrected chi connectivity index (χ2v) is 9.43. The molecule has 29 heavy (non-hydrogen) atoms. The van der Waals surface area contributed by atoms with E-state index < -0.39 is 22.0 Å². The Kier molecular flexibility index (Phi) is 6.29. The summed E-state index contributed by atoms with van der Waals surface area (Å²) in [6, 6.07) is 15.7. The van der Waals surface area contributed by atoms with Gasteiger partial charge < -0.3 is 0 Å². The van der Waals surface area contributed by atoms with Crippen LogP contribution in [0.15, 0.2) is 54.6 Å². The summed E-state index contributed by atoms with van der Waals surface area (Å²) >= 11 is 1.24. The standard InChI is InChI=1S/C20H22N4O3S2/c1-4-17(24(29(3,26)27)16-12-8-9-14(2)13-16)18(25)21-20-23-22-19(28-20)15-10-6-5-7-11-15/h5-13,17H,4H2,1-3H3,(H,21,23,25)/t17-/m1/s1. The molecule has 0 aliphatic heterocycles. The van der Waals surface area contributed by atoms with Crippen LogP contribution in [0.25, 0.3) is 10.6 Å². The summed E-state index contributed by atoms with van der Waals surface area (Å²) in [7, 11) is -3.68. The van der Waals surface area contributed by atoms with Crippen molar-refractivity contribution >= 4 is 38.1 Å². The summed E-state index contributed by atoms with van der Waals surface area (Å²) in [6.07, 6.45) is 1.40. The molecule has 152 valence electrons. The third-order valence-electron chi connectivity index (χ3n) is 4.26. The first-order chi connectivity index (χ1) is 13.8. The van der Waals surface area contributed by atoms with E-state index in [1.54, 1.807) is 25.1 Å². The van der Waals surface area contributed by atoms with Crippen LogP contribution in [-0.4, -0.2) is 36.8 Å². The number of nitrogens with one attached hydrogen (secondary N) is 1. The zero-order valence-electron chi connectivity index (χ0n) is 16.4. The van der Waals surface area contributed by atoms with Crippen molar-refractivity contribution in [1.82, 2.24) is 10.2 Å². The smallest absolute Gasteiger partial charge is 0.250 e. The fraction of sp³-hybridized carbons (Fsp3) is 0.250. The fourth-order valence-electron chi connectivity index (χ4n) is 2.99. The second kappa shape index (κ2) is 8.71. The van der Waals surface area contributed by atoms with Gasteiger partial charge in [-0.15, -0.1) is 10.2 Å². The first-order valence-corrected chi connectivity index (χ1v) is 11.7. The van der Waals surface area contributed by atoms with Crippen molar-refractivity contribution in [2.24, 2.45) is 0 Å². The molecule has 0 aliphatic rings. The average molecular weight is 431 g/mol. The Morgan fingerprint density at radius 2 is 1.86 bits per heavy atom. The van der Waals surface area contributed by atoms with E-state index in [0.717, 1.165) is 21.7 Å². The van der Waals surface area contributed by atoms with E-state index >= 15 is 0 Å². The second-order valence-electron chi connectivity index (χ2n) is 6.59. The summed E-state index contributed by atoms with van der Waals surface area (Å²) in [4.78, 5) is 13.0. The normalized spacial score (nSPS) is 12.4. The van der Waals surface area contributed by atoms with Crippen LogP contribution in [0, 0.1) is 6.92 Å². The first kappa shape index (κ1) is 20.9. The number of aromatic nitrogens is 2. The SMILES string of the molecule is CC[C@H](C(=O)Nc1nnc(-c2ccccc2)s1)N(c1cccc(C)c1)S(C)(=O)=O. The minimum absolute atomic E-state index is 0.303. The molecule has 3 rings (SSSR count). The molecule has 1 aromatic heterocycles. The number of nitrogens with zero attached hydrogens (tertiary/aromatic N) is 3. The van der Waals surface area contributed by atoms with Crippen LogP contribution >= 0.6 is 11.3 Å². The zero-order chi connectivity index (χ0) is 21.0. The van der Waals surface area contributed by atoms with Crippen molar-refractivity contribution < 1.29 is 13.2 Å². The number of amides is 1. The first-order valence-electron chi connectivity index (χ1n) is 9.05.